The van der Waals surface area contributed by atoms with E-state index in [1.807, 2.05) is 0 Å². The van der Waals surface area contributed by atoms with Gasteiger partial charge in [-0.15, -0.1) is 0 Å². The fourth-order valence-corrected chi connectivity index (χ4v) is 2.12. The highest BCUT2D eigenvalue weighted by molar-refractivity contribution is 5.42. The third kappa shape index (κ3) is 2.43. The molecule has 0 saturated carbocycles. The normalized spacial score (nSPS) is 26.2. The van der Waals surface area contributed by atoms with Crippen molar-refractivity contribution in [3.05, 3.63) is 23.8 Å². The number of aliphatic hydroxyl groups is 1. The second kappa shape index (κ2) is 4.76. The molecular formula is C13H18O5. The first kappa shape index (κ1) is 13.1. The van der Waals surface area contributed by atoms with Crippen LogP contribution in [0.5, 0.6) is 11.5 Å². The summed E-state index contributed by atoms with van der Waals surface area (Å²) in [7, 11) is 1.48. The molecule has 2 atom stereocenters. The maximum absolute atomic E-state index is 9.56. The number of methoxy groups -OCH3 is 1. The Morgan fingerprint density at radius 2 is 2.06 bits per heavy atom. The van der Waals surface area contributed by atoms with Crippen molar-refractivity contribution in [2.45, 2.75) is 31.8 Å². The number of hydrogen-bond acceptors (Lipinski definition) is 5. The third-order valence-corrected chi connectivity index (χ3v) is 2.90. The van der Waals surface area contributed by atoms with Crippen LogP contribution in [-0.4, -0.2) is 35.8 Å². The Hall–Kier alpha value is -1.30. The second-order valence-electron chi connectivity index (χ2n) is 4.71. The van der Waals surface area contributed by atoms with Crippen LogP contribution in [0.25, 0.3) is 0 Å². The lowest BCUT2D eigenvalue weighted by molar-refractivity contribution is -0.149. The van der Waals surface area contributed by atoms with Crippen LogP contribution >= 0.6 is 0 Å². The average molecular weight is 254 g/mol. The van der Waals surface area contributed by atoms with Crippen LogP contribution in [0.2, 0.25) is 0 Å². The molecule has 100 valence electrons. The van der Waals surface area contributed by atoms with E-state index in [0.29, 0.717) is 5.75 Å². The van der Waals surface area contributed by atoms with Crippen molar-refractivity contribution in [2.24, 2.45) is 0 Å². The van der Waals surface area contributed by atoms with E-state index in [1.54, 1.807) is 26.0 Å². The predicted octanol–water partition coefficient (Wildman–Crippen LogP) is 1.59. The van der Waals surface area contributed by atoms with Crippen molar-refractivity contribution < 1.29 is 24.4 Å². The first-order chi connectivity index (χ1) is 8.46. The van der Waals surface area contributed by atoms with E-state index in [9.17, 15) is 10.2 Å². The largest absolute Gasteiger partial charge is 0.504 e. The zero-order valence-corrected chi connectivity index (χ0v) is 10.7. The maximum atomic E-state index is 9.56. The Labute approximate surface area is 106 Å². The van der Waals surface area contributed by atoms with Gasteiger partial charge < -0.3 is 24.4 Å². The van der Waals surface area contributed by atoms with Gasteiger partial charge in [-0.05, 0) is 31.5 Å². The first-order valence-corrected chi connectivity index (χ1v) is 5.80. The van der Waals surface area contributed by atoms with Crippen LogP contribution in [0, 0.1) is 0 Å². The molecule has 0 spiro atoms. The lowest BCUT2D eigenvalue weighted by Gasteiger charge is -2.17. The molecule has 1 heterocycles. The molecule has 5 heteroatoms. The molecule has 1 aliphatic heterocycles. The van der Waals surface area contributed by atoms with Gasteiger partial charge in [-0.3, -0.25) is 0 Å². The van der Waals surface area contributed by atoms with Crippen LogP contribution in [0.4, 0.5) is 0 Å². The van der Waals surface area contributed by atoms with Crippen molar-refractivity contribution in [3.8, 4) is 11.5 Å². The molecule has 1 aromatic carbocycles. The standard InChI is InChI=1S/C13H18O5/c1-13(2)17-11(7-14)12(18-13)8-4-5-9(15)10(6-8)16-3/h4-6,11-12,14-15H,7H2,1-3H3/t11-,12+/m0/s1. The van der Waals surface area contributed by atoms with Crippen LogP contribution in [0.1, 0.15) is 25.5 Å². The molecule has 18 heavy (non-hydrogen) atoms. The summed E-state index contributed by atoms with van der Waals surface area (Å²) in [4.78, 5) is 0. The van der Waals surface area contributed by atoms with E-state index < -0.39 is 11.9 Å². The zero-order chi connectivity index (χ0) is 13.3. The highest BCUT2D eigenvalue weighted by Gasteiger charge is 2.41. The van der Waals surface area contributed by atoms with Gasteiger partial charge in [0.15, 0.2) is 17.3 Å². The van der Waals surface area contributed by atoms with Crippen molar-refractivity contribution in [2.75, 3.05) is 13.7 Å². The predicted molar refractivity (Wildman–Crippen MR) is 64.5 cm³/mol. The summed E-state index contributed by atoms with van der Waals surface area (Å²) < 4.78 is 16.4. The van der Waals surface area contributed by atoms with Gasteiger partial charge in [-0.25, -0.2) is 0 Å². The molecule has 0 aromatic heterocycles. The number of hydrogen-bond donors (Lipinski definition) is 2. The Bertz CT molecular complexity index is 429. The van der Waals surface area contributed by atoms with Crippen LogP contribution < -0.4 is 4.74 Å². The molecule has 0 radical (unpaired) electrons. The number of rotatable bonds is 3. The molecule has 0 bridgehead atoms. The maximum Gasteiger partial charge on any atom is 0.164 e. The minimum atomic E-state index is -0.733. The molecule has 5 nitrogen and oxygen atoms in total. The summed E-state index contributed by atoms with van der Waals surface area (Å²) in [6, 6.07) is 4.96. The van der Waals surface area contributed by atoms with Crippen molar-refractivity contribution in [3.63, 3.8) is 0 Å². The van der Waals surface area contributed by atoms with Crippen LogP contribution in [0.3, 0.4) is 0 Å². The SMILES string of the molecule is COc1cc([C@H]2OC(C)(C)O[C@H]2CO)ccc1O. The smallest absolute Gasteiger partial charge is 0.164 e. The van der Waals surface area contributed by atoms with Gasteiger partial charge >= 0.3 is 0 Å². The molecule has 1 aliphatic rings. The molecule has 1 fully saturated rings. The van der Waals surface area contributed by atoms with Gasteiger partial charge in [-0.2, -0.15) is 0 Å². The number of aliphatic hydroxyl groups excluding tert-OH is 1. The van der Waals surface area contributed by atoms with Gasteiger partial charge in [0.1, 0.15) is 12.2 Å². The van der Waals surface area contributed by atoms with E-state index in [2.05, 4.69) is 0 Å². The number of aromatic hydroxyl groups is 1. The van der Waals surface area contributed by atoms with E-state index in [-0.39, 0.29) is 18.5 Å². The average Bonchev–Trinajstić information content (AvgIpc) is 2.65. The summed E-state index contributed by atoms with van der Waals surface area (Å²) in [5.41, 5.74) is 0.800. The Balaban J connectivity index is 2.30. The first-order valence-electron chi connectivity index (χ1n) is 5.80. The molecule has 1 saturated heterocycles. The Morgan fingerprint density at radius 3 is 2.67 bits per heavy atom. The quantitative estimate of drug-likeness (QED) is 0.857. The van der Waals surface area contributed by atoms with E-state index in [4.69, 9.17) is 14.2 Å². The molecule has 0 aliphatic carbocycles. The number of phenolic OH excluding ortho intramolecular Hbond substituents is 1. The summed E-state index contributed by atoms with van der Waals surface area (Å²) >= 11 is 0. The zero-order valence-electron chi connectivity index (χ0n) is 10.7. The minimum absolute atomic E-state index is 0.0694. The van der Waals surface area contributed by atoms with Gasteiger partial charge in [0.05, 0.1) is 13.7 Å². The fourth-order valence-electron chi connectivity index (χ4n) is 2.12. The van der Waals surface area contributed by atoms with E-state index in [1.165, 1.54) is 13.2 Å². The summed E-state index contributed by atoms with van der Waals surface area (Å²) in [5.74, 6) is -0.291. The molecular weight excluding hydrogens is 236 g/mol. The van der Waals surface area contributed by atoms with Crippen molar-refractivity contribution in [1.29, 1.82) is 0 Å². The topological polar surface area (TPSA) is 68.2 Å². The number of benzene rings is 1. The molecule has 0 unspecified atom stereocenters. The highest BCUT2D eigenvalue weighted by Crippen LogP contribution is 2.40. The van der Waals surface area contributed by atoms with Gasteiger partial charge in [0.25, 0.3) is 0 Å². The number of ether oxygens (including phenoxy) is 3. The van der Waals surface area contributed by atoms with Gasteiger partial charge in [-0.1, -0.05) is 6.07 Å². The molecule has 0 amide bonds. The lowest BCUT2D eigenvalue weighted by atomic mass is 10.0. The Kier molecular flexibility index (Phi) is 3.47. The van der Waals surface area contributed by atoms with Gasteiger partial charge in [0, 0.05) is 0 Å². The van der Waals surface area contributed by atoms with Gasteiger partial charge in [0.2, 0.25) is 0 Å². The summed E-state index contributed by atoms with van der Waals surface area (Å²) in [6.07, 6.45) is -0.797. The molecule has 1 aromatic rings. The van der Waals surface area contributed by atoms with E-state index in [0.717, 1.165) is 5.56 Å². The lowest BCUT2D eigenvalue weighted by Crippen LogP contribution is -2.23. The van der Waals surface area contributed by atoms with Crippen LogP contribution in [-0.2, 0) is 9.47 Å². The van der Waals surface area contributed by atoms with Crippen LogP contribution in [0.15, 0.2) is 18.2 Å². The summed E-state index contributed by atoms with van der Waals surface area (Å²) in [5, 5.41) is 18.9. The minimum Gasteiger partial charge on any atom is -0.504 e. The second-order valence-corrected chi connectivity index (χ2v) is 4.71. The molecule has 2 N–H and O–H groups in total. The van der Waals surface area contributed by atoms with Crippen molar-refractivity contribution in [1.82, 2.24) is 0 Å². The number of phenols is 1. The summed E-state index contributed by atoms with van der Waals surface area (Å²) in [6.45, 7) is 3.47. The monoisotopic (exact) mass is 254 g/mol. The highest BCUT2D eigenvalue weighted by atomic mass is 16.8. The Morgan fingerprint density at radius 1 is 1.33 bits per heavy atom. The third-order valence-electron chi connectivity index (χ3n) is 2.90. The van der Waals surface area contributed by atoms with Crippen molar-refractivity contribution >= 4 is 0 Å². The van der Waals surface area contributed by atoms with E-state index >= 15 is 0 Å². The molecule has 2 rings (SSSR count). The fraction of sp³-hybridized carbons (Fsp3) is 0.538.